The summed E-state index contributed by atoms with van der Waals surface area (Å²) in [5.74, 6) is 0.0248. The SMILES string of the molecule is O=C1Nc2ccccc2C12C=CC=NC2. The van der Waals surface area contributed by atoms with Crippen molar-refractivity contribution in [2.45, 2.75) is 5.41 Å². The van der Waals surface area contributed by atoms with E-state index in [0.29, 0.717) is 6.54 Å². The third-order valence-corrected chi connectivity index (χ3v) is 2.97. The predicted molar refractivity (Wildman–Crippen MR) is 59.2 cm³/mol. The molecule has 1 unspecified atom stereocenters. The molecule has 3 nitrogen and oxygen atoms in total. The van der Waals surface area contributed by atoms with Gasteiger partial charge in [0, 0.05) is 11.9 Å². The molecule has 0 aromatic heterocycles. The average Bonchev–Trinajstić information content (AvgIpc) is 2.55. The zero-order valence-electron chi connectivity index (χ0n) is 8.10. The van der Waals surface area contributed by atoms with Crippen LogP contribution in [0.3, 0.4) is 0 Å². The highest BCUT2D eigenvalue weighted by molar-refractivity contribution is 6.08. The van der Waals surface area contributed by atoms with Crippen molar-refractivity contribution in [2.24, 2.45) is 4.99 Å². The largest absolute Gasteiger partial charge is 0.325 e. The molecule has 1 aromatic carbocycles. The maximum absolute atomic E-state index is 12.0. The minimum atomic E-state index is -0.564. The molecule has 1 atom stereocenters. The number of carbonyl (C=O) groups excluding carboxylic acids is 1. The lowest BCUT2D eigenvalue weighted by atomic mass is 9.80. The third-order valence-electron chi connectivity index (χ3n) is 2.97. The quantitative estimate of drug-likeness (QED) is 0.674. The Bertz CT molecular complexity index is 490. The molecule has 2 aliphatic heterocycles. The molecular weight excluding hydrogens is 188 g/mol. The summed E-state index contributed by atoms with van der Waals surface area (Å²) in [6.45, 7) is 0.506. The van der Waals surface area contributed by atoms with E-state index in [2.05, 4.69) is 10.3 Å². The fourth-order valence-corrected chi connectivity index (χ4v) is 2.18. The number of aliphatic imine (C=N–C) groups is 1. The first-order valence-electron chi connectivity index (χ1n) is 4.91. The molecule has 1 amide bonds. The Balaban J connectivity index is 2.21. The van der Waals surface area contributed by atoms with E-state index in [1.165, 1.54) is 0 Å². The highest BCUT2D eigenvalue weighted by Gasteiger charge is 2.44. The number of hydrogen-bond donors (Lipinski definition) is 1. The number of allylic oxidation sites excluding steroid dienone is 1. The van der Waals surface area contributed by atoms with Crippen LogP contribution < -0.4 is 5.32 Å². The Morgan fingerprint density at radius 2 is 2.20 bits per heavy atom. The summed E-state index contributed by atoms with van der Waals surface area (Å²) < 4.78 is 0. The van der Waals surface area contributed by atoms with Crippen molar-refractivity contribution < 1.29 is 4.79 Å². The third kappa shape index (κ3) is 1.00. The fraction of sp³-hybridized carbons (Fsp3) is 0.167. The summed E-state index contributed by atoms with van der Waals surface area (Å²) in [5, 5.41) is 2.89. The lowest BCUT2D eigenvalue weighted by Crippen LogP contribution is -2.36. The Kier molecular flexibility index (Phi) is 1.57. The standard InChI is InChI=1S/C12H10N2O/c15-11-12(6-3-7-13-8-12)9-4-1-2-5-10(9)14-11/h1-7H,8H2,(H,14,15). The number of fused-ring (bicyclic) bond motifs is 2. The van der Waals surface area contributed by atoms with E-state index in [0.717, 1.165) is 11.3 Å². The van der Waals surface area contributed by atoms with Crippen LogP contribution in [0.15, 0.2) is 41.4 Å². The van der Waals surface area contributed by atoms with Crippen LogP contribution in [0, 0.1) is 0 Å². The van der Waals surface area contributed by atoms with E-state index in [1.807, 2.05) is 36.4 Å². The Labute approximate surface area is 87.5 Å². The monoisotopic (exact) mass is 198 g/mol. The van der Waals surface area contributed by atoms with Gasteiger partial charge in [0.1, 0.15) is 5.41 Å². The number of nitrogens with one attached hydrogen (secondary N) is 1. The predicted octanol–water partition coefficient (Wildman–Crippen LogP) is 1.52. The van der Waals surface area contributed by atoms with Gasteiger partial charge in [0.2, 0.25) is 5.91 Å². The number of carbonyl (C=O) groups is 1. The second kappa shape index (κ2) is 2.79. The van der Waals surface area contributed by atoms with Crippen LogP contribution >= 0.6 is 0 Å². The van der Waals surface area contributed by atoms with Gasteiger partial charge in [0.15, 0.2) is 0 Å². The smallest absolute Gasteiger partial charge is 0.240 e. The molecule has 1 N–H and O–H groups in total. The molecule has 3 heteroatoms. The van der Waals surface area contributed by atoms with E-state index in [1.54, 1.807) is 6.21 Å². The van der Waals surface area contributed by atoms with Crippen LogP contribution in [-0.2, 0) is 10.2 Å². The first kappa shape index (κ1) is 8.41. The summed E-state index contributed by atoms with van der Waals surface area (Å²) in [6, 6.07) is 7.79. The van der Waals surface area contributed by atoms with Crippen molar-refractivity contribution in [1.29, 1.82) is 0 Å². The summed E-state index contributed by atoms with van der Waals surface area (Å²) >= 11 is 0. The van der Waals surface area contributed by atoms with Gasteiger partial charge >= 0.3 is 0 Å². The minimum Gasteiger partial charge on any atom is -0.325 e. The normalized spacial score (nSPS) is 26.8. The van der Waals surface area contributed by atoms with Gasteiger partial charge < -0.3 is 5.32 Å². The van der Waals surface area contributed by atoms with Crippen molar-refractivity contribution in [3.05, 3.63) is 42.0 Å². The summed E-state index contributed by atoms with van der Waals surface area (Å²) in [7, 11) is 0. The van der Waals surface area contributed by atoms with Gasteiger partial charge in [-0.05, 0) is 17.7 Å². The molecule has 1 aromatic rings. The van der Waals surface area contributed by atoms with Crippen molar-refractivity contribution in [2.75, 3.05) is 11.9 Å². The van der Waals surface area contributed by atoms with Gasteiger partial charge in [0.25, 0.3) is 0 Å². The number of nitrogens with zero attached hydrogens (tertiary/aromatic N) is 1. The van der Waals surface area contributed by atoms with Gasteiger partial charge in [-0.15, -0.1) is 0 Å². The fourth-order valence-electron chi connectivity index (χ4n) is 2.18. The van der Waals surface area contributed by atoms with Crippen LogP contribution in [0.5, 0.6) is 0 Å². The maximum atomic E-state index is 12.0. The molecule has 0 fully saturated rings. The van der Waals surface area contributed by atoms with Gasteiger partial charge in [0.05, 0.1) is 6.54 Å². The number of rotatable bonds is 0. The average molecular weight is 198 g/mol. The first-order chi connectivity index (χ1) is 7.33. The zero-order chi connectivity index (χ0) is 10.3. The number of benzene rings is 1. The molecule has 74 valence electrons. The first-order valence-corrected chi connectivity index (χ1v) is 4.91. The van der Waals surface area contributed by atoms with Crippen LogP contribution in [0.1, 0.15) is 5.56 Å². The van der Waals surface area contributed by atoms with Gasteiger partial charge in [-0.3, -0.25) is 9.79 Å². The Hall–Kier alpha value is -1.90. The van der Waals surface area contributed by atoms with Gasteiger partial charge in [-0.2, -0.15) is 0 Å². The molecule has 0 bridgehead atoms. The number of anilines is 1. The second-order valence-corrected chi connectivity index (χ2v) is 3.82. The van der Waals surface area contributed by atoms with E-state index in [9.17, 15) is 4.79 Å². The minimum absolute atomic E-state index is 0.0248. The van der Waals surface area contributed by atoms with Crippen LogP contribution in [0.2, 0.25) is 0 Å². The van der Waals surface area contributed by atoms with E-state index in [-0.39, 0.29) is 5.91 Å². The van der Waals surface area contributed by atoms with Crippen molar-refractivity contribution in [1.82, 2.24) is 0 Å². The van der Waals surface area contributed by atoms with E-state index < -0.39 is 5.41 Å². The molecule has 0 radical (unpaired) electrons. The summed E-state index contributed by atoms with van der Waals surface area (Å²) in [4.78, 5) is 16.2. The highest BCUT2D eigenvalue weighted by Crippen LogP contribution is 2.39. The summed E-state index contributed by atoms with van der Waals surface area (Å²) in [6.07, 6.45) is 5.51. The molecular formula is C12H10N2O. The topological polar surface area (TPSA) is 41.5 Å². The maximum Gasteiger partial charge on any atom is 0.240 e. The number of hydrogen-bond acceptors (Lipinski definition) is 2. The summed E-state index contributed by atoms with van der Waals surface area (Å²) in [5.41, 5.74) is 1.37. The lowest BCUT2D eigenvalue weighted by molar-refractivity contribution is -0.119. The molecule has 2 heterocycles. The number of dihydropyridines is 1. The van der Waals surface area contributed by atoms with E-state index >= 15 is 0 Å². The lowest BCUT2D eigenvalue weighted by Gasteiger charge is -2.22. The van der Waals surface area contributed by atoms with Crippen LogP contribution in [0.4, 0.5) is 5.69 Å². The van der Waals surface area contributed by atoms with Gasteiger partial charge in [-0.25, -0.2) is 0 Å². The Morgan fingerprint density at radius 3 is 3.00 bits per heavy atom. The molecule has 3 rings (SSSR count). The van der Waals surface area contributed by atoms with Gasteiger partial charge in [-0.1, -0.05) is 24.3 Å². The molecule has 0 saturated heterocycles. The van der Waals surface area contributed by atoms with Crippen LogP contribution in [0.25, 0.3) is 0 Å². The highest BCUT2D eigenvalue weighted by atomic mass is 16.2. The van der Waals surface area contributed by atoms with Crippen molar-refractivity contribution in [3.8, 4) is 0 Å². The molecule has 15 heavy (non-hydrogen) atoms. The van der Waals surface area contributed by atoms with Crippen molar-refractivity contribution in [3.63, 3.8) is 0 Å². The molecule has 1 spiro atoms. The number of amides is 1. The van der Waals surface area contributed by atoms with Crippen LogP contribution in [-0.4, -0.2) is 18.7 Å². The molecule has 0 saturated carbocycles. The molecule has 2 aliphatic rings. The second-order valence-electron chi connectivity index (χ2n) is 3.82. The molecule has 0 aliphatic carbocycles. The number of para-hydroxylation sites is 1. The van der Waals surface area contributed by atoms with E-state index in [4.69, 9.17) is 0 Å². The van der Waals surface area contributed by atoms with Crippen molar-refractivity contribution >= 4 is 17.8 Å². The zero-order valence-corrected chi connectivity index (χ0v) is 8.10. The Morgan fingerprint density at radius 1 is 1.33 bits per heavy atom.